The van der Waals surface area contributed by atoms with Crippen LogP contribution in [-0.4, -0.2) is 10.6 Å². The molecule has 0 saturated carbocycles. The van der Waals surface area contributed by atoms with Crippen molar-refractivity contribution in [3.63, 3.8) is 0 Å². The van der Waals surface area contributed by atoms with Gasteiger partial charge in [0.2, 0.25) is 0 Å². The Morgan fingerprint density at radius 2 is 1.79 bits per heavy atom. The van der Waals surface area contributed by atoms with E-state index in [1.165, 1.54) is 0 Å². The van der Waals surface area contributed by atoms with Crippen LogP contribution in [0.5, 0.6) is 0 Å². The van der Waals surface area contributed by atoms with Crippen LogP contribution in [0.1, 0.15) is 29.8 Å². The number of carbonyl (C=O) groups is 1. The zero-order chi connectivity index (χ0) is 10.3. The number of ketones is 1. The van der Waals surface area contributed by atoms with Gasteiger partial charge in [-0.3, -0.25) is 4.79 Å². The normalized spacial score (nSPS) is 14.6. The van der Waals surface area contributed by atoms with Gasteiger partial charge in [0.05, 0.1) is 0 Å². The third-order valence-corrected chi connectivity index (χ3v) is 2.71. The number of hydrogen-bond donors (Lipinski definition) is 0. The summed E-state index contributed by atoms with van der Waals surface area (Å²) in [6, 6.07) is 7.62. The van der Waals surface area contributed by atoms with Crippen molar-refractivity contribution in [1.82, 2.24) is 0 Å². The molecule has 14 heavy (non-hydrogen) atoms. The molecular formula is C12H10OS. The predicted octanol–water partition coefficient (Wildman–Crippen LogP) is 3.05. The minimum Gasteiger partial charge on any atom is -0.289 e. The summed E-state index contributed by atoms with van der Waals surface area (Å²) in [5.74, 6) is 0.111. The van der Waals surface area contributed by atoms with Gasteiger partial charge in [-0.2, -0.15) is 0 Å². The molecule has 0 saturated heterocycles. The molecule has 1 aromatic carbocycles. The highest BCUT2D eigenvalue weighted by atomic mass is 32.1. The fourth-order valence-electron chi connectivity index (χ4n) is 1.87. The van der Waals surface area contributed by atoms with E-state index in [4.69, 9.17) is 12.2 Å². The van der Waals surface area contributed by atoms with Gasteiger partial charge in [0.25, 0.3) is 0 Å². The lowest BCUT2D eigenvalue weighted by Crippen LogP contribution is -1.94. The first kappa shape index (κ1) is 9.28. The van der Waals surface area contributed by atoms with Gasteiger partial charge in [-0.15, -0.1) is 0 Å². The molecule has 0 aromatic heterocycles. The molecule has 0 amide bonds. The SMILES string of the molecule is CC(=S)C1=C(C)C(=O)c2ccccc21. The maximum atomic E-state index is 11.8. The molecule has 0 aliphatic heterocycles. The van der Waals surface area contributed by atoms with Gasteiger partial charge in [0.1, 0.15) is 0 Å². The summed E-state index contributed by atoms with van der Waals surface area (Å²) in [6.45, 7) is 3.71. The molecule has 1 aromatic rings. The number of carbonyl (C=O) groups excluding carboxylic acids is 1. The summed E-state index contributed by atoms with van der Waals surface area (Å²) in [5, 5.41) is 0. The molecule has 0 radical (unpaired) electrons. The van der Waals surface area contributed by atoms with Gasteiger partial charge in [-0.1, -0.05) is 36.5 Å². The first-order valence-corrected chi connectivity index (χ1v) is 4.89. The molecule has 1 nitrogen and oxygen atoms in total. The van der Waals surface area contributed by atoms with Crippen molar-refractivity contribution in [1.29, 1.82) is 0 Å². The van der Waals surface area contributed by atoms with Crippen LogP contribution in [0, 0.1) is 0 Å². The van der Waals surface area contributed by atoms with Gasteiger partial charge < -0.3 is 0 Å². The van der Waals surface area contributed by atoms with Crippen LogP contribution < -0.4 is 0 Å². The molecule has 0 heterocycles. The second-order valence-electron chi connectivity index (χ2n) is 3.43. The maximum absolute atomic E-state index is 11.8. The van der Waals surface area contributed by atoms with E-state index < -0.39 is 0 Å². The predicted molar refractivity (Wildman–Crippen MR) is 61.6 cm³/mol. The highest BCUT2D eigenvalue weighted by Gasteiger charge is 2.26. The Morgan fingerprint density at radius 3 is 2.36 bits per heavy atom. The van der Waals surface area contributed by atoms with Gasteiger partial charge in [-0.05, 0) is 19.4 Å². The zero-order valence-corrected chi connectivity index (χ0v) is 8.94. The summed E-state index contributed by atoms with van der Waals surface area (Å²) in [4.78, 5) is 12.6. The molecule has 0 spiro atoms. The minimum atomic E-state index is 0.111. The second kappa shape index (κ2) is 3.14. The van der Waals surface area contributed by atoms with Gasteiger partial charge in [0.15, 0.2) is 5.78 Å². The van der Waals surface area contributed by atoms with E-state index >= 15 is 0 Å². The molecular weight excluding hydrogens is 192 g/mol. The molecule has 0 fully saturated rings. The van der Waals surface area contributed by atoms with E-state index in [1.54, 1.807) is 0 Å². The smallest absolute Gasteiger partial charge is 0.190 e. The molecule has 2 rings (SSSR count). The van der Waals surface area contributed by atoms with Crippen LogP contribution in [0.25, 0.3) is 5.57 Å². The van der Waals surface area contributed by atoms with Crippen molar-refractivity contribution in [3.05, 3.63) is 41.0 Å². The van der Waals surface area contributed by atoms with Crippen molar-refractivity contribution in [2.45, 2.75) is 13.8 Å². The van der Waals surface area contributed by atoms with E-state index in [1.807, 2.05) is 38.1 Å². The molecule has 70 valence electrons. The Bertz CT molecular complexity index is 469. The molecule has 0 bridgehead atoms. The number of allylic oxidation sites excluding steroid dienone is 2. The Labute approximate surface area is 88.4 Å². The highest BCUT2D eigenvalue weighted by Crippen LogP contribution is 2.33. The largest absolute Gasteiger partial charge is 0.289 e. The number of benzene rings is 1. The highest BCUT2D eigenvalue weighted by molar-refractivity contribution is 7.81. The Hall–Kier alpha value is -1.28. The van der Waals surface area contributed by atoms with E-state index in [9.17, 15) is 4.79 Å². The first-order valence-electron chi connectivity index (χ1n) is 4.49. The maximum Gasteiger partial charge on any atom is 0.190 e. The van der Waals surface area contributed by atoms with Crippen LogP contribution in [-0.2, 0) is 0 Å². The standard InChI is InChI=1S/C12H10OS/c1-7-11(8(2)14)9-5-3-4-6-10(9)12(7)13/h3-6H,1-2H3. The lowest BCUT2D eigenvalue weighted by molar-refractivity contribution is 0.103. The Morgan fingerprint density at radius 1 is 1.21 bits per heavy atom. The fourth-order valence-corrected chi connectivity index (χ4v) is 2.13. The quantitative estimate of drug-likeness (QED) is 0.651. The summed E-state index contributed by atoms with van der Waals surface area (Å²) in [7, 11) is 0. The second-order valence-corrected chi connectivity index (χ2v) is 4.04. The van der Waals surface area contributed by atoms with E-state index in [-0.39, 0.29) is 5.78 Å². The molecule has 1 aliphatic rings. The minimum absolute atomic E-state index is 0.111. The average molecular weight is 202 g/mol. The van der Waals surface area contributed by atoms with Crippen LogP contribution in [0.4, 0.5) is 0 Å². The molecule has 2 heteroatoms. The third kappa shape index (κ3) is 1.15. The van der Waals surface area contributed by atoms with Gasteiger partial charge in [0, 0.05) is 21.6 Å². The van der Waals surface area contributed by atoms with Crippen molar-refractivity contribution in [3.8, 4) is 0 Å². The van der Waals surface area contributed by atoms with E-state index in [2.05, 4.69) is 0 Å². The van der Waals surface area contributed by atoms with Crippen molar-refractivity contribution >= 4 is 28.4 Å². The number of hydrogen-bond acceptors (Lipinski definition) is 2. The summed E-state index contributed by atoms with van der Waals surface area (Å²) in [5.41, 5.74) is 3.49. The lowest BCUT2D eigenvalue weighted by Gasteiger charge is -2.01. The fraction of sp³-hybridized carbons (Fsp3) is 0.167. The van der Waals surface area contributed by atoms with E-state index in [0.717, 1.165) is 27.1 Å². The summed E-state index contributed by atoms with van der Waals surface area (Å²) in [6.07, 6.45) is 0. The first-order chi connectivity index (χ1) is 6.63. The van der Waals surface area contributed by atoms with Gasteiger partial charge in [-0.25, -0.2) is 0 Å². The van der Waals surface area contributed by atoms with Crippen LogP contribution in [0.15, 0.2) is 29.8 Å². The molecule has 0 atom stereocenters. The van der Waals surface area contributed by atoms with Crippen LogP contribution >= 0.6 is 12.2 Å². The number of fused-ring (bicyclic) bond motifs is 1. The number of Topliss-reactive ketones (excluding diaryl/α,β-unsaturated/α-hetero) is 1. The van der Waals surface area contributed by atoms with Crippen molar-refractivity contribution < 1.29 is 4.79 Å². The Kier molecular flexibility index (Phi) is 2.08. The van der Waals surface area contributed by atoms with Gasteiger partial charge >= 0.3 is 0 Å². The molecule has 0 unspecified atom stereocenters. The molecule has 1 aliphatic carbocycles. The van der Waals surface area contributed by atoms with Crippen molar-refractivity contribution in [2.24, 2.45) is 0 Å². The average Bonchev–Trinajstić information content (AvgIpc) is 2.41. The number of thiocarbonyl (C=S) groups is 1. The summed E-state index contributed by atoms with van der Waals surface area (Å²) < 4.78 is 0. The number of rotatable bonds is 1. The third-order valence-electron chi connectivity index (χ3n) is 2.51. The van der Waals surface area contributed by atoms with Crippen LogP contribution in [0.3, 0.4) is 0 Å². The van der Waals surface area contributed by atoms with Crippen molar-refractivity contribution in [2.75, 3.05) is 0 Å². The van der Waals surface area contributed by atoms with E-state index in [0.29, 0.717) is 0 Å². The monoisotopic (exact) mass is 202 g/mol. The lowest BCUT2D eigenvalue weighted by atomic mass is 10.0. The Balaban J connectivity index is 2.73. The van der Waals surface area contributed by atoms with Crippen LogP contribution in [0.2, 0.25) is 0 Å². The topological polar surface area (TPSA) is 17.1 Å². The zero-order valence-electron chi connectivity index (χ0n) is 8.13. The molecule has 0 N–H and O–H groups in total. The summed E-state index contributed by atoms with van der Waals surface area (Å²) >= 11 is 5.15.